The topological polar surface area (TPSA) is 44.5 Å². The summed E-state index contributed by atoms with van der Waals surface area (Å²) in [7, 11) is 3.26. The third kappa shape index (κ3) is 2.12. The van der Waals surface area contributed by atoms with E-state index < -0.39 is 5.79 Å². The van der Waals surface area contributed by atoms with Crippen LogP contribution in [-0.4, -0.2) is 20.8 Å². The van der Waals surface area contributed by atoms with Gasteiger partial charge in [0.25, 0.3) is 0 Å². The van der Waals surface area contributed by atoms with E-state index in [2.05, 4.69) is 0 Å². The number of nitrogens with two attached hydrogens (primary N) is 1. The fourth-order valence-electron chi connectivity index (χ4n) is 1.55. The SMILES string of the molecule is COC(CCN)(OC)c1ccccc1. The number of rotatable bonds is 5. The van der Waals surface area contributed by atoms with Crippen LogP contribution in [-0.2, 0) is 15.3 Å². The Hall–Kier alpha value is -0.900. The third-order valence-corrected chi connectivity index (χ3v) is 2.35. The van der Waals surface area contributed by atoms with E-state index in [1.807, 2.05) is 30.3 Å². The van der Waals surface area contributed by atoms with Crippen LogP contribution in [0.3, 0.4) is 0 Å². The maximum Gasteiger partial charge on any atom is 0.195 e. The Labute approximate surface area is 84.8 Å². The molecule has 14 heavy (non-hydrogen) atoms. The molecular formula is C11H17NO2. The molecule has 1 aromatic rings. The summed E-state index contributed by atoms with van der Waals surface area (Å²) in [6.45, 7) is 0.524. The fourth-order valence-corrected chi connectivity index (χ4v) is 1.55. The van der Waals surface area contributed by atoms with Crippen molar-refractivity contribution in [1.82, 2.24) is 0 Å². The lowest BCUT2D eigenvalue weighted by atomic mass is 10.0. The monoisotopic (exact) mass is 195 g/mol. The van der Waals surface area contributed by atoms with E-state index in [4.69, 9.17) is 15.2 Å². The zero-order valence-corrected chi connectivity index (χ0v) is 8.69. The molecule has 3 nitrogen and oxygen atoms in total. The lowest BCUT2D eigenvalue weighted by Gasteiger charge is -2.30. The van der Waals surface area contributed by atoms with E-state index in [-0.39, 0.29) is 0 Å². The minimum absolute atomic E-state index is 0.524. The van der Waals surface area contributed by atoms with E-state index in [1.165, 1.54) is 0 Å². The average molecular weight is 195 g/mol. The van der Waals surface area contributed by atoms with E-state index in [1.54, 1.807) is 14.2 Å². The van der Waals surface area contributed by atoms with E-state index in [9.17, 15) is 0 Å². The van der Waals surface area contributed by atoms with Gasteiger partial charge >= 0.3 is 0 Å². The van der Waals surface area contributed by atoms with Crippen molar-refractivity contribution in [3.63, 3.8) is 0 Å². The highest BCUT2D eigenvalue weighted by Gasteiger charge is 2.30. The van der Waals surface area contributed by atoms with Gasteiger partial charge in [0.1, 0.15) is 0 Å². The Balaban J connectivity index is 2.98. The van der Waals surface area contributed by atoms with Crippen molar-refractivity contribution in [2.45, 2.75) is 12.2 Å². The van der Waals surface area contributed by atoms with Crippen molar-refractivity contribution < 1.29 is 9.47 Å². The van der Waals surface area contributed by atoms with Crippen molar-refractivity contribution in [2.24, 2.45) is 5.73 Å². The molecule has 0 amide bonds. The van der Waals surface area contributed by atoms with Gasteiger partial charge in [-0.15, -0.1) is 0 Å². The fraction of sp³-hybridized carbons (Fsp3) is 0.455. The third-order valence-electron chi connectivity index (χ3n) is 2.35. The number of benzene rings is 1. The number of hydrogen-bond acceptors (Lipinski definition) is 3. The zero-order chi connectivity index (χ0) is 10.4. The summed E-state index contributed by atoms with van der Waals surface area (Å²) in [5.74, 6) is -0.698. The molecule has 1 rings (SSSR count). The second-order valence-electron chi connectivity index (χ2n) is 3.07. The molecule has 0 spiro atoms. The minimum Gasteiger partial charge on any atom is -0.349 e. The average Bonchev–Trinajstić information content (AvgIpc) is 2.27. The van der Waals surface area contributed by atoms with Crippen molar-refractivity contribution in [3.8, 4) is 0 Å². The van der Waals surface area contributed by atoms with Crippen molar-refractivity contribution in [2.75, 3.05) is 20.8 Å². The molecule has 0 radical (unpaired) electrons. The van der Waals surface area contributed by atoms with Gasteiger partial charge in [-0.2, -0.15) is 0 Å². The summed E-state index contributed by atoms with van der Waals surface area (Å²) >= 11 is 0. The molecule has 0 aromatic heterocycles. The Bertz CT molecular complexity index is 257. The summed E-state index contributed by atoms with van der Waals surface area (Å²) in [6.07, 6.45) is 0.643. The largest absolute Gasteiger partial charge is 0.349 e. The first-order valence-electron chi connectivity index (χ1n) is 4.65. The first-order chi connectivity index (χ1) is 6.79. The molecular weight excluding hydrogens is 178 g/mol. The highest BCUT2D eigenvalue weighted by molar-refractivity contribution is 5.20. The normalized spacial score (nSPS) is 11.6. The quantitative estimate of drug-likeness (QED) is 0.724. The Morgan fingerprint density at radius 3 is 2.14 bits per heavy atom. The van der Waals surface area contributed by atoms with Gasteiger partial charge in [0.15, 0.2) is 5.79 Å². The molecule has 0 saturated carbocycles. The number of ether oxygens (including phenoxy) is 2. The summed E-state index contributed by atoms with van der Waals surface area (Å²) in [5, 5.41) is 0. The zero-order valence-electron chi connectivity index (χ0n) is 8.69. The van der Waals surface area contributed by atoms with E-state index in [0.29, 0.717) is 13.0 Å². The molecule has 1 aromatic carbocycles. The summed E-state index contributed by atoms with van der Waals surface area (Å²) in [4.78, 5) is 0. The van der Waals surface area contributed by atoms with Gasteiger partial charge in [-0.3, -0.25) is 0 Å². The molecule has 0 fully saturated rings. The summed E-state index contributed by atoms with van der Waals surface area (Å²) < 4.78 is 10.8. The first kappa shape index (κ1) is 11.2. The number of methoxy groups -OCH3 is 2. The lowest BCUT2D eigenvalue weighted by molar-refractivity contribution is -0.218. The van der Waals surface area contributed by atoms with Crippen LogP contribution in [0.5, 0.6) is 0 Å². The van der Waals surface area contributed by atoms with Crippen LogP contribution < -0.4 is 5.73 Å². The molecule has 0 atom stereocenters. The minimum atomic E-state index is -0.698. The Morgan fingerprint density at radius 1 is 1.14 bits per heavy atom. The van der Waals surface area contributed by atoms with Crippen molar-refractivity contribution in [3.05, 3.63) is 35.9 Å². The highest BCUT2D eigenvalue weighted by Crippen LogP contribution is 2.28. The molecule has 78 valence electrons. The standard InChI is InChI=1S/C11H17NO2/c1-13-11(14-2,8-9-12)10-6-4-3-5-7-10/h3-7H,8-9,12H2,1-2H3. The molecule has 0 aliphatic rings. The summed E-state index contributed by atoms with van der Waals surface area (Å²) in [5.41, 5.74) is 6.54. The Morgan fingerprint density at radius 2 is 1.71 bits per heavy atom. The van der Waals surface area contributed by atoms with Crippen LogP contribution in [0.15, 0.2) is 30.3 Å². The van der Waals surface area contributed by atoms with E-state index in [0.717, 1.165) is 5.56 Å². The molecule has 0 saturated heterocycles. The van der Waals surface area contributed by atoms with Gasteiger partial charge in [-0.25, -0.2) is 0 Å². The molecule has 0 aliphatic heterocycles. The second kappa shape index (κ2) is 5.10. The first-order valence-corrected chi connectivity index (χ1v) is 4.65. The van der Waals surface area contributed by atoms with Crippen LogP contribution in [0.25, 0.3) is 0 Å². The van der Waals surface area contributed by atoms with Gasteiger partial charge < -0.3 is 15.2 Å². The molecule has 2 N–H and O–H groups in total. The van der Waals surface area contributed by atoms with Crippen LogP contribution in [0.4, 0.5) is 0 Å². The highest BCUT2D eigenvalue weighted by atomic mass is 16.7. The van der Waals surface area contributed by atoms with Gasteiger partial charge in [-0.1, -0.05) is 30.3 Å². The van der Waals surface area contributed by atoms with Crippen LogP contribution in [0.2, 0.25) is 0 Å². The van der Waals surface area contributed by atoms with E-state index >= 15 is 0 Å². The van der Waals surface area contributed by atoms with Crippen molar-refractivity contribution in [1.29, 1.82) is 0 Å². The van der Waals surface area contributed by atoms with Gasteiger partial charge in [-0.05, 0) is 6.54 Å². The summed E-state index contributed by atoms with van der Waals surface area (Å²) in [6, 6.07) is 9.82. The molecule has 3 heteroatoms. The van der Waals surface area contributed by atoms with Gasteiger partial charge in [0, 0.05) is 26.2 Å². The van der Waals surface area contributed by atoms with Crippen molar-refractivity contribution >= 4 is 0 Å². The van der Waals surface area contributed by atoms with Crippen LogP contribution >= 0.6 is 0 Å². The molecule has 0 aliphatic carbocycles. The van der Waals surface area contributed by atoms with Crippen LogP contribution in [0.1, 0.15) is 12.0 Å². The van der Waals surface area contributed by atoms with Gasteiger partial charge in [0.2, 0.25) is 0 Å². The predicted molar refractivity (Wildman–Crippen MR) is 55.8 cm³/mol. The molecule has 0 heterocycles. The maximum atomic E-state index is 5.54. The number of hydrogen-bond donors (Lipinski definition) is 1. The lowest BCUT2D eigenvalue weighted by Crippen LogP contribution is -2.33. The smallest absolute Gasteiger partial charge is 0.195 e. The van der Waals surface area contributed by atoms with Gasteiger partial charge in [0.05, 0.1) is 0 Å². The second-order valence-corrected chi connectivity index (χ2v) is 3.07. The molecule has 0 bridgehead atoms. The van der Waals surface area contributed by atoms with Crippen LogP contribution in [0, 0.1) is 0 Å². The Kier molecular flexibility index (Phi) is 4.07. The predicted octanol–water partition coefficient (Wildman–Crippen LogP) is 1.48. The molecule has 0 unspecified atom stereocenters. The maximum absolute atomic E-state index is 5.54.